The van der Waals surface area contributed by atoms with Crippen molar-refractivity contribution in [2.24, 2.45) is 0 Å². The number of furan rings is 1. The lowest BCUT2D eigenvalue weighted by Gasteiger charge is -2.35. The van der Waals surface area contributed by atoms with Crippen molar-refractivity contribution in [1.82, 2.24) is 0 Å². The molecule has 0 atom stereocenters. The Bertz CT molecular complexity index is 3730. The summed E-state index contributed by atoms with van der Waals surface area (Å²) < 4.78 is 6.97. The smallest absolute Gasteiger partial charge is 0.159 e. The highest BCUT2D eigenvalue weighted by Crippen LogP contribution is 2.68. The fourth-order valence-electron chi connectivity index (χ4n) is 12.3. The average Bonchev–Trinajstić information content (AvgIpc) is 4.07. The van der Waals surface area contributed by atoms with Crippen LogP contribution >= 0.6 is 0 Å². The van der Waals surface area contributed by atoms with E-state index in [9.17, 15) is 0 Å². The lowest BCUT2D eigenvalue weighted by Crippen LogP contribution is -2.27. The van der Waals surface area contributed by atoms with E-state index < -0.39 is 5.41 Å². The van der Waals surface area contributed by atoms with Gasteiger partial charge in [-0.2, -0.15) is 0 Å². The molecular weight excluding hydrogens is 799 g/mol. The van der Waals surface area contributed by atoms with Crippen LogP contribution in [0.4, 0.5) is 17.1 Å². The van der Waals surface area contributed by atoms with E-state index in [0.29, 0.717) is 0 Å². The molecule has 0 aliphatic heterocycles. The monoisotopic (exact) mass is 841 g/mol. The second-order valence-electron chi connectivity index (χ2n) is 18.7. The zero-order valence-corrected chi connectivity index (χ0v) is 36.7. The van der Waals surface area contributed by atoms with E-state index in [1.54, 1.807) is 0 Å². The summed E-state index contributed by atoms with van der Waals surface area (Å²) in [5, 5.41) is 2.22. The molecule has 1 aromatic heterocycles. The molecule has 10 aromatic carbocycles. The van der Waals surface area contributed by atoms with Crippen LogP contribution in [-0.4, -0.2) is 0 Å². The molecule has 11 aromatic rings. The maximum Gasteiger partial charge on any atom is 0.159 e. The largest absolute Gasteiger partial charge is 0.454 e. The Morgan fingerprint density at radius 3 is 1.50 bits per heavy atom. The molecule has 2 nitrogen and oxygen atoms in total. The molecule has 0 fully saturated rings. The summed E-state index contributed by atoms with van der Waals surface area (Å²) in [5.74, 6) is 0. The number of hydrogen-bond acceptors (Lipinski definition) is 2. The van der Waals surface area contributed by atoms with Crippen molar-refractivity contribution in [2.75, 3.05) is 4.90 Å². The second kappa shape index (κ2) is 13.7. The van der Waals surface area contributed by atoms with Gasteiger partial charge in [0.2, 0.25) is 0 Å². The molecule has 310 valence electrons. The van der Waals surface area contributed by atoms with Crippen LogP contribution in [0, 0.1) is 0 Å². The topological polar surface area (TPSA) is 16.4 Å². The summed E-state index contributed by atoms with van der Waals surface area (Å²) in [6, 6.07) is 83.0. The van der Waals surface area contributed by atoms with Crippen molar-refractivity contribution in [2.45, 2.75) is 24.7 Å². The highest BCUT2D eigenvalue weighted by molar-refractivity contribution is 6.12. The molecule has 0 unspecified atom stereocenters. The number of rotatable bonds is 5. The second-order valence-corrected chi connectivity index (χ2v) is 18.7. The molecule has 2 heteroatoms. The molecule has 0 saturated heterocycles. The molecule has 3 aliphatic rings. The highest BCUT2D eigenvalue weighted by Gasteiger charge is 2.54. The molecular formula is C64H43NO. The highest BCUT2D eigenvalue weighted by atomic mass is 16.3. The first kappa shape index (κ1) is 37.2. The van der Waals surface area contributed by atoms with Crippen molar-refractivity contribution >= 4 is 39.0 Å². The van der Waals surface area contributed by atoms with Crippen LogP contribution in [0.5, 0.6) is 0 Å². The van der Waals surface area contributed by atoms with Crippen LogP contribution in [0.1, 0.15) is 47.2 Å². The van der Waals surface area contributed by atoms with Gasteiger partial charge in [-0.05, 0) is 119 Å². The van der Waals surface area contributed by atoms with Gasteiger partial charge in [-0.15, -0.1) is 0 Å². The molecule has 0 N–H and O–H groups in total. The molecule has 1 spiro atoms. The van der Waals surface area contributed by atoms with Crippen LogP contribution in [0.25, 0.3) is 77.6 Å². The van der Waals surface area contributed by atoms with Gasteiger partial charge in [-0.3, -0.25) is 0 Å². The fraction of sp³-hybridized carbons (Fsp3) is 0.0625. The van der Waals surface area contributed by atoms with Gasteiger partial charge in [-0.1, -0.05) is 208 Å². The van der Waals surface area contributed by atoms with Gasteiger partial charge in [0.05, 0.1) is 16.8 Å². The number of fused-ring (bicyclic) bond motifs is 17. The van der Waals surface area contributed by atoms with E-state index in [1.807, 2.05) is 0 Å². The third-order valence-corrected chi connectivity index (χ3v) is 15.1. The predicted molar refractivity (Wildman–Crippen MR) is 273 cm³/mol. The van der Waals surface area contributed by atoms with E-state index in [4.69, 9.17) is 4.42 Å². The van der Waals surface area contributed by atoms with Gasteiger partial charge in [0.1, 0.15) is 5.58 Å². The summed E-state index contributed by atoms with van der Waals surface area (Å²) in [6.45, 7) is 4.85. The lowest BCUT2D eigenvalue weighted by molar-refractivity contribution is 0.658. The summed E-state index contributed by atoms with van der Waals surface area (Å²) in [6.07, 6.45) is 0. The van der Waals surface area contributed by atoms with Crippen molar-refractivity contribution in [3.63, 3.8) is 0 Å². The van der Waals surface area contributed by atoms with Gasteiger partial charge >= 0.3 is 0 Å². The van der Waals surface area contributed by atoms with E-state index in [-0.39, 0.29) is 5.41 Å². The minimum absolute atomic E-state index is 0.340. The van der Waals surface area contributed by atoms with E-state index in [2.05, 4.69) is 243 Å². The summed E-state index contributed by atoms with van der Waals surface area (Å²) in [5.41, 5.74) is 24.8. The maximum absolute atomic E-state index is 6.97. The molecule has 14 rings (SSSR count). The molecule has 3 aliphatic carbocycles. The Hall–Kier alpha value is -8.20. The number of anilines is 3. The normalized spacial score (nSPS) is 14.2. The Balaban J connectivity index is 1.08. The minimum atomic E-state index is -0.530. The Morgan fingerprint density at radius 1 is 0.364 bits per heavy atom. The zero-order chi connectivity index (χ0) is 43.7. The average molecular weight is 842 g/mol. The first-order valence-electron chi connectivity index (χ1n) is 23.1. The van der Waals surface area contributed by atoms with Gasteiger partial charge in [0.15, 0.2) is 5.58 Å². The lowest BCUT2D eigenvalue weighted by atomic mass is 9.69. The van der Waals surface area contributed by atoms with Gasteiger partial charge in [0, 0.05) is 21.9 Å². The fourth-order valence-corrected chi connectivity index (χ4v) is 12.3. The predicted octanol–water partition coefficient (Wildman–Crippen LogP) is 17.0. The standard InChI is InChI=1S/C64H43NO/c1-63(2)51-25-11-8-22-49(51)60-59-50-23-9-14-28-54(50)64(52-26-12-6-19-45(52)46-20-7-13-27-53(46)64)55(59)39-57(61(60)63)65(56-29-16-24-48-47-21-10-15-30-58(47)66-62(48)56)44-37-35-43(36-38-44)42-33-31-41(32-34-42)40-17-4-3-5-18-40/h3-39H,1-2H3. The molecule has 0 bridgehead atoms. The van der Waals surface area contributed by atoms with Crippen LogP contribution < -0.4 is 4.90 Å². The molecule has 1 heterocycles. The summed E-state index contributed by atoms with van der Waals surface area (Å²) in [4.78, 5) is 2.52. The van der Waals surface area contributed by atoms with Crippen LogP contribution in [-0.2, 0) is 10.8 Å². The third-order valence-electron chi connectivity index (χ3n) is 15.1. The van der Waals surface area contributed by atoms with Crippen LogP contribution in [0.2, 0.25) is 0 Å². The Kier molecular flexibility index (Phi) is 7.70. The summed E-state index contributed by atoms with van der Waals surface area (Å²) in [7, 11) is 0. The van der Waals surface area contributed by atoms with Crippen LogP contribution in [0.15, 0.2) is 229 Å². The molecule has 0 radical (unpaired) electrons. The minimum Gasteiger partial charge on any atom is -0.454 e. The first-order chi connectivity index (χ1) is 32.5. The summed E-state index contributed by atoms with van der Waals surface area (Å²) >= 11 is 0. The SMILES string of the molecule is CC1(C)c2ccccc2-c2c3c(cc(N(c4ccc(-c5ccc(-c6ccccc6)cc5)cc4)c4cccc5c4oc4ccccc45)c21)C1(c2ccccc2-c2ccccc21)c1ccccc1-3. The molecule has 0 saturated carbocycles. The number of hydrogen-bond donors (Lipinski definition) is 0. The van der Waals surface area contributed by atoms with Gasteiger partial charge in [-0.25, -0.2) is 0 Å². The van der Waals surface area contributed by atoms with Crippen molar-refractivity contribution in [1.29, 1.82) is 0 Å². The number of benzene rings is 10. The van der Waals surface area contributed by atoms with Crippen molar-refractivity contribution in [3.05, 3.63) is 258 Å². The van der Waals surface area contributed by atoms with E-state index in [0.717, 1.165) is 39.0 Å². The Labute approximate surface area is 384 Å². The van der Waals surface area contributed by atoms with Gasteiger partial charge in [0.25, 0.3) is 0 Å². The van der Waals surface area contributed by atoms with Crippen molar-refractivity contribution in [3.8, 4) is 55.6 Å². The molecule has 66 heavy (non-hydrogen) atoms. The third kappa shape index (κ3) is 4.91. The first-order valence-corrected chi connectivity index (χ1v) is 23.1. The van der Waals surface area contributed by atoms with E-state index in [1.165, 1.54) is 89.0 Å². The van der Waals surface area contributed by atoms with Gasteiger partial charge < -0.3 is 9.32 Å². The van der Waals surface area contributed by atoms with Crippen molar-refractivity contribution < 1.29 is 4.42 Å². The number of nitrogens with zero attached hydrogens (tertiary/aromatic N) is 1. The van der Waals surface area contributed by atoms with E-state index >= 15 is 0 Å². The Morgan fingerprint density at radius 2 is 0.848 bits per heavy atom. The zero-order valence-electron chi connectivity index (χ0n) is 36.7. The quantitative estimate of drug-likeness (QED) is 0.172. The molecule has 0 amide bonds. The maximum atomic E-state index is 6.97. The number of para-hydroxylation sites is 2. The van der Waals surface area contributed by atoms with Crippen LogP contribution in [0.3, 0.4) is 0 Å².